The summed E-state index contributed by atoms with van der Waals surface area (Å²) in [5.74, 6) is 0. The average Bonchev–Trinajstić information content (AvgIpc) is 3.04. The van der Waals surface area contributed by atoms with E-state index in [4.69, 9.17) is 0 Å². The summed E-state index contributed by atoms with van der Waals surface area (Å²) < 4.78 is 3.28. The van der Waals surface area contributed by atoms with Gasteiger partial charge < -0.3 is 5.32 Å². The number of benzene rings is 1. The minimum atomic E-state index is 0.815. The Morgan fingerprint density at radius 3 is 3.11 bits per heavy atom. The summed E-state index contributed by atoms with van der Waals surface area (Å²) in [5.41, 5.74) is 2.37. The van der Waals surface area contributed by atoms with Gasteiger partial charge in [-0.05, 0) is 42.0 Å². The molecule has 2 aromatic heterocycles. The van der Waals surface area contributed by atoms with Gasteiger partial charge in [-0.2, -0.15) is 5.10 Å². The zero-order valence-corrected chi connectivity index (χ0v) is 11.1. The van der Waals surface area contributed by atoms with Gasteiger partial charge in [0.15, 0.2) is 0 Å². The SMILES string of the molecule is CCn1cc(CNc2ccc3sccc3c2)cn1. The van der Waals surface area contributed by atoms with Crippen LogP contribution in [0.15, 0.2) is 42.0 Å². The van der Waals surface area contributed by atoms with Gasteiger partial charge in [-0.25, -0.2) is 0 Å². The van der Waals surface area contributed by atoms with E-state index in [2.05, 4.69) is 53.2 Å². The van der Waals surface area contributed by atoms with Gasteiger partial charge in [-0.15, -0.1) is 11.3 Å². The number of aryl methyl sites for hydroxylation is 1. The fourth-order valence-electron chi connectivity index (χ4n) is 1.95. The number of hydrogen-bond donors (Lipinski definition) is 1. The highest BCUT2D eigenvalue weighted by molar-refractivity contribution is 7.17. The molecule has 92 valence electrons. The molecule has 0 amide bonds. The van der Waals surface area contributed by atoms with Crippen LogP contribution in [0.2, 0.25) is 0 Å². The molecule has 0 radical (unpaired) electrons. The van der Waals surface area contributed by atoms with Gasteiger partial charge in [-0.1, -0.05) is 0 Å². The molecule has 0 fully saturated rings. The van der Waals surface area contributed by atoms with E-state index in [1.165, 1.54) is 15.6 Å². The Balaban J connectivity index is 1.72. The predicted molar refractivity (Wildman–Crippen MR) is 77.1 cm³/mol. The Kier molecular flexibility index (Phi) is 3.02. The highest BCUT2D eigenvalue weighted by Crippen LogP contribution is 2.24. The molecule has 3 nitrogen and oxygen atoms in total. The Labute approximate surface area is 110 Å². The van der Waals surface area contributed by atoms with Crippen molar-refractivity contribution in [1.29, 1.82) is 0 Å². The molecule has 4 heteroatoms. The first-order valence-electron chi connectivity index (χ1n) is 6.07. The monoisotopic (exact) mass is 257 g/mol. The quantitative estimate of drug-likeness (QED) is 0.771. The summed E-state index contributed by atoms with van der Waals surface area (Å²) in [6, 6.07) is 8.64. The maximum absolute atomic E-state index is 4.27. The molecule has 0 saturated carbocycles. The second-order valence-electron chi connectivity index (χ2n) is 4.23. The standard InChI is InChI=1S/C14H15N3S/c1-2-17-10-11(9-16-17)8-15-13-3-4-14-12(7-13)5-6-18-14/h3-7,9-10,15H,2,8H2,1H3. The molecule has 1 N–H and O–H groups in total. The topological polar surface area (TPSA) is 29.9 Å². The Morgan fingerprint density at radius 1 is 1.33 bits per heavy atom. The minimum Gasteiger partial charge on any atom is -0.381 e. The van der Waals surface area contributed by atoms with E-state index in [1.807, 2.05) is 10.9 Å². The first-order valence-corrected chi connectivity index (χ1v) is 6.95. The van der Waals surface area contributed by atoms with E-state index in [-0.39, 0.29) is 0 Å². The van der Waals surface area contributed by atoms with Crippen LogP contribution in [0.1, 0.15) is 12.5 Å². The van der Waals surface area contributed by atoms with Crippen molar-refractivity contribution in [2.45, 2.75) is 20.0 Å². The van der Waals surface area contributed by atoms with Crippen molar-refractivity contribution in [2.75, 3.05) is 5.32 Å². The molecule has 0 bridgehead atoms. The molecule has 1 aromatic carbocycles. The third kappa shape index (κ3) is 2.24. The molecule has 3 rings (SSSR count). The Bertz CT molecular complexity index is 654. The second-order valence-corrected chi connectivity index (χ2v) is 5.18. The molecular formula is C14H15N3S. The smallest absolute Gasteiger partial charge is 0.0539 e. The molecular weight excluding hydrogens is 242 g/mol. The van der Waals surface area contributed by atoms with Crippen LogP contribution in [-0.2, 0) is 13.1 Å². The summed E-state index contributed by atoms with van der Waals surface area (Å²) in [7, 11) is 0. The third-order valence-electron chi connectivity index (χ3n) is 2.96. The normalized spacial score (nSPS) is 10.9. The maximum Gasteiger partial charge on any atom is 0.0539 e. The first kappa shape index (κ1) is 11.3. The molecule has 3 aromatic rings. The van der Waals surface area contributed by atoms with Crippen LogP contribution in [0.25, 0.3) is 10.1 Å². The van der Waals surface area contributed by atoms with Gasteiger partial charge in [0.1, 0.15) is 0 Å². The van der Waals surface area contributed by atoms with Gasteiger partial charge >= 0.3 is 0 Å². The van der Waals surface area contributed by atoms with Crippen molar-refractivity contribution in [3.63, 3.8) is 0 Å². The Morgan fingerprint density at radius 2 is 2.28 bits per heavy atom. The summed E-state index contributed by atoms with van der Waals surface area (Å²) in [5, 5.41) is 11.1. The van der Waals surface area contributed by atoms with Crippen LogP contribution >= 0.6 is 11.3 Å². The van der Waals surface area contributed by atoms with Crippen molar-refractivity contribution in [2.24, 2.45) is 0 Å². The zero-order chi connectivity index (χ0) is 12.4. The number of nitrogens with zero attached hydrogens (tertiary/aromatic N) is 2. The molecule has 0 atom stereocenters. The average molecular weight is 257 g/mol. The van der Waals surface area contributed by atoms with Gasteiger partial charge in [0.2, 0.25) is 0 Å². The van der Waals surface area contributed by atoms with Crippen molar-refractivity contribution in [3.8, 4) is 0 Å². The number of thiophene rings is 1. The summed E-state index contributed by atoms with van der Waals surface area (Å²) in [4.78, 5) is 0. The maximum atomic E-state index is 4.27. The van der Waals surface area contributed by atoms with E-state index in [9.17, 15) is 0 Å². The summed E-state index contributed by atoms with van der Waals surface area (Å²) in [6.45, 7) is 3.82. The fraction of sp³-hybridized carbons (Fsp3) is 0.214. The number of aromatic nitrogens is 2. The predicted octanol–water partition coefficient (Wildman–Crippen LogP) is 3.73. The lowest BCUT2D eigenvalue weighted by molar-refractivity contribution is 0.659. The molecule has 0 aliphatic rings. The number of anilines is 1. The first-order chi connectivity index (χ1) is 8.85. The molecule has 2 heterocycles. The van der Waals surface area contributed by atoms with E-state index >= 15 is 0 Å². The van der Waals surface area contributed by atoms with Gasteiger partial charge in [0, 0.05) is 35.2 Å². The molecule has 0 saturated heterocycles. The number of hydrogen-bond acceptors (Lipinski definition) is 3. The summed E-state index contributed by atoms with van der Waals surface area (Å²) >= 11 is 1.78. The van der Waals surface area contributed by atoms with Crippen LogP contribution in [0, 0.1) is 0 Å². The number of fused-ring (bicyclic) bond motifs is 1. The molecule has 0 aliphatic heterocycles. The highest BCUT2D eigenvalue weighted by atomic mass is 32.1. The lowest BCUT2D eigenvalue weighted by Gasteiger charge is -2.04. The van der Waals surface area contributed by atoms with Crippen molar-refractivity contribution >= 4 is 27.1 Å². The van der Waals surface area contributed by atoms with E-state index in [1.54, 1.807) is 11.3 Å². The van der Waals surface area contributed by atoms with Crippen molar-refractivity contribution in [3.05, 3.63) is 47.6 Å². The van der Waals surface area contributed by atoms with Crippen LogP contribution in [0.3, 0.4) is 0 Å². The van der Waals surface area contributed by atoms with Crippen LogP contribution in [-0.4, -0.2) is 9.78 Å². The lowest BCUT2D eigenvalue weighted by Crippen LogP contribution is -1.98. The van der Waals surface area contributed by atoms with Gasteiger partial charge in [0.25, 0.3) is 0 Å². The van der Waals surface area contributed by atoms with E-state index in [0.717, 1.165) is 18.8 Å². The van der Waals surface area contributed by atoms with Crippen molar-refractivity contribution < 1.29 is 0 Å². The Hall–Kier alpha value is -1.81. The van der Waals surface area contributed by atoms with Crippen LogP contribution < -0.4 is 5.32 Å². The molecule has 0 unspecified atom stereocenters. The van der Waals surface area contributed by atoms with E-state index in [0.29, 0.717) is 0 Å². The third-order valence-corrected chi connectivity index (χ3v) is 3.86. The zero-order valence-electron chi connectivity index (χ0n) is 10.3. The lowest BCUT2D eigenvalue weighted by atomic mass is 10.2. The molecule has 0 spiro atoms. The molecule has 18 heavy (non-hydrogen) atoms. The van der Waals surface area contributed by atoms with Crippen LogP contribution in [0.5, 0.6) is 0 Å². The minimum absolute atomic E-state index is 0.815. The van der Waals surface area contributed by atoms with Gasteiger partial charge in [0.05, 0.1) is 6.20 Å². The number of rotatable bonds is 4. The van der Waals surface area contributed by atoms with Crippen molar-refractivity contribution in [1.82, 2.24) is 9.78 Å². The van der Waals surface area contributed by atoms with E-state index < -0.39 is 0 Å². The molecule has 0 aliphatic carbocycles. The highest BCUT2D eigenvalue weighted by Gasteiger charge is 1.99. The largest absolute Gasteiger partial charge is 0.381 e. The fourth-order valence-corrected chi connectivity index (χ4v) is 2.72. The second kappa shape index (κ2) is 4.82. The van der Waals surface area contributed by atoms with Gasteiger partial charge in [-0.3, -0.25) is 4.68 Å². The number of nitrogens with one attached hydrogen (secondary N) is 1. The van der Waals surface area contributed by atoms with Crippen LogP contribution in [0.4, 0.5) is 5.69 Å². The summed E-state index contributed by atoms with van der Waals surface area (Å²) in [6.07, 6.45) is 4.00.